The highest BCUT2D eigenvalue weighted by Gasteiger charge is 2.45. The second-order valence-electron chi connectivity index (χ2n) is 7.58. The molecule has 31 heavy (non-hydrogen) atoms. The molecule has 0 saturated carbocycles. The summed E-state index contributed by atoms with van der Waals surface area (Å²) in [4.78, 5) is 62.0. The number of amides is 3. The molecule has 166 valence electrons. The van der Waals surface area contributed by atoms with Gasteiger partial charge in [-0.15, -0.1) is 0 Å². The number of carboxylic acids is 1. The number of thioether (sulfide) groups is 1. The Kier molecular flexibility index (Phi) is 7.32. The van der Waals surface area contributed by atoms with Crippen molar-refractivity contribution in [2.75, 3.05) is 6.54 Å². The number of nitrogens with one attached hydrogen (secondary N) is 1. The van der Waals surface area contributed by atoms with Crippen LogP contribution in [-0.4, -0.2) is 67.8 Å². The Morgan fingerprint density at radius 2 is 1.90 bits per heavy atom. The second kappa shape index (κ2) is 9.95. The van der Waals surface area contributed by atoms with Gasteiger partial charge in [-0.05, 0) is 31.2 Å². The minimum atomic E-state index is -1.19. The molecule has 3 rings (SSSR count). The first-order chi connectivity index (χ1) is 14.8. The maximum absolute atomic E-state index is 13.2. The summed E-state index contributed by atoms with van der Waals surface area (Å²) in [7, 11) is 0. The molecule has 2 aliphatic rings. The average Bonchev–Trinajstić information content (AvgIpc) is 2.85. The number of carbonyl (C=O) groups is 5. The van der Waals surface area contributed by atoms with Gasteiger partial charge in [0.05, 0.1) is 5.25 Å². The van der Waals surface area contributed by atoms with Gasteiger partial charge in [-0.2, -0.15) is 0 Å². The maximum atomic E-state index is 13.2. The summed E-state index contributed by atoms with van der Waals surface area (Å²) in [6.07, 6.45) is 1.11. The molecule has 0 aliphatic carbocycles. The van der Waals surface area contributed by atoms with Crippen LogP contribution in [0, 0.1) is 0 Å². The van der Waals surface area contributed by atoms with E-state index in [1.54, 1.807) is 0 Å². The van der Waals surface area contributed by atoms with Crippen LogP contribution < -0.4 is 5.32 Å². The normalized spacial score (nSPS) is 22.4. The number of hydrogen-bond donors (Lipinski definition) is 2. The van der Waals surface area contributed by atoms with Gasteiger partial charge in [0.15, 0.2) is 11.2 Å². The number of aliphatic carboxylic acids is 1. The molecule has 1 aromatic rings. The zero-order valence-corrected chi connectivity index (χ0v) is 18.0. The van der Waals surface area contributed by atoms with Crippen LogP contribution in [0.1, 0.15) is 38.2 Å². The van der Waals surface area contributed by atoms with E-state index < -0.39 is 35.1 Å². The fourth-order valence-corrected chi connectivity index (χ4v) is 4.72. The van der Waals surface area contributed by atoms with Crippen molar-refractivity contribution < 1.29 is 29.1 Å². The fraction of sp³-hybridized carbons (Fsp3) is 0.476. The number of hydrazine groups is 1. The lowest BCUT2D eigenvalue weighted by atomic mass is 10.1. The van der Waals surface area contributed by atoms with E-state index >= 15 is 0 Å². The zero-order valence-electron chi connectivity index (χ0n) is 17.2. The third kappa shape index (κ3) is 5.43. The summed E-state index contributed by atoms with van der Waals surface area (Å²) >= 11 is 0.879. The van der Waals surface area contributed by atoms with E-state index in [0.29, 0.717) is 12.8 Å². The van der Waals surface area contributed by atoms with Crippen molar-refractivity contribution in [1.29, 1.82) is 0 Å². The lowest BCUT2D eigenvalue weighted by Gasteiger charge is -2.41. The second-order valence-corrected chi connectivity index (χ2v) is 8.96. The van der Waals surface area contributed by atoms with Gasteiger partial charge in [-0.25, -0.2) is 9.80 Å². The highest BCUT2D eigenvalue weighted by Crippen LogP contribution is 2.25. The van der Waals surface area contributed by atoms with Crippen molar-refractivity contribution in [1.82, 2.24) is 15.3 Å². The van der Waals surface area contributed by atoms with E-state index in [4.69, 9.17) is 0 Å². The number of nitrogens with zero attached hydrogens (tertiary/aromatic N) is 2. The number of carbonyl (C=O) groups excluding carboxylic acids is 4. The first kappa shape index (κ1) is 22.8. The maximum Gasteiger partial charge on any atom is 0.328 e. The van der Waals surface area contributed by atoms with Crippen molar-refractivity contribution >= 4 is 40.6 Å². The van der Waals surface area contributed by atoms with Gasteiger partial charge in [0.1, 0.15) is 6.04 Å². The molecule has 2 N–H and O–H groups in total. The van der Waals surface area contributed by atoms with Crippen molar-refractivity contribution in [2.45, 2.75) is 56.4 Å². The Hall–Kier alpha value is -2.88. The first-order valence-electron chi connectivity index (χ1n) is 10.2. The molecule has 9 nitrogen and oxygen atoms in total. The van der Waals surface area contributed by atoms with Gasteiger partial charge in [0, 0.05) is 19.9 Å². The Morgan fingerprint density at radius 1 is 1.19 bits per heavy atom. The third-order valence-electron chi connectivity index (χ3n) is 5.33. The van der Waals surface area contributed by atoms with E-state index in [-0.39, 0.29) is 36.8 Å². The van der Waals surface area contributed by atoms with Crippen LogP contribution in [0.15, 0.2) is 30.3 Å². The van der Waals surface area contributed by atoms with Crippen molar-refractivity contribution in [3.63, 3.8) is 0 Å². The molecule has 3 amide bonds. The SMILES string of the molecule is CC(=O)S[C@H](Cc1ccccc1)C(=O)N[C@@H]1CCC(=O)N2CCC[C@H](C(=O)O)N2C1=O. The van der Waals surface area contributed by atoms with Crippen LogP contribution in [0.5, 0.6) is 0 Å². The molecule has 0 radical (unpaired) electrons. The van der Waals surface area contributed by atoms with E-state index in [1.807, 2.05) is 30.3 Å². The molecule has 0 unspecified atom stereocenters. The molecule has 0 bridgehead atoms. The monoisotopic (exact) mass is 447 g/mol. The third-order valence-corrected chi connectivity index (χ3v) is 6.32. The number of carboxylic acid groups (broad SMARTS) is 1. The lowest BCUT2D eigenvalue weighted by Crippen LogP contribution is -2.62. The number of benzene rings is 1. The van der Waals surface area contributed by atoms with Gasteiger partial charge in [0.2, 0.25) is 11.8 Å². The molecule has 2 saturated heterocycles. The van der Waals surface area contributed by atoms with Crippen LogP contribution >= 0.6 is 11.8 Å². The molecule has 3 atom stereocenters. The topological polar surface area (TPSA) is 124 Å². The summed E-state index contributed by atoms with van der Waals surface area (Å²) in [6, 6.07) is 7.03. The smallest absolute Gasteiger partial charge is 0.328 e. The number of fused-ring (bicyclic) bond motifs is 1. The van der Waals surface area contributed by atoms with Gasteiger partial charge in [-0.1, -0.05) is 42.1 Å². The summed E-state index contributed by atoms with van der Waals surface area (Å²) in [5.74, 6) is -2.63. The Morgan fingerprint density at radius 3 is 2.55 bits per heavy atom. The summed E-state index contributed by atoms with van der Waals surface area (Å²) in [6.45, 7) is 1.64. The Bertz CT molecular complexity index is 877. The minimum absolute atomic E-state index is 0.0166. The standard InChI is InChI=1S/C21H25N3O6S/c1-13(25)31-17(12-14-6-3-2-4-7-14)19(27)22-15-9-10-18(26)23-11-5-8-16(21(29)30)24(23)20(15)28/h2-4,6-7,15-17H,5,8-12H2,1H3,(H,22,27)(H,29,30)/t15-,16-,17-/m1/s1. The van der Waals surface area contributed by atoms with E-state index in [2.05, 4.69) is 5.32 Å². The summed E-state index contributed by atoms with van der Waals surface area (Å²) in [5, 5.41) is 13.4. The average molecular weight is 448 g/mol. The Balaban J connectivity index is 1.79. The van der Waals surface area contributed by atoms with Gasteiger partial charge < -0.3 is 10.4 Å². The largest absolute Gasteiger partial charge is 0.480 e. The van der Waals surface area contributed by atoms with Crippen LogP contribution in [0.3, 0.4) is 0 Å². The quantitative estimate of drug-likeness (QED) is 0.666. The number of rotatable bonds is 6. The van der Waals surface area contributed by atoms with E-state index in [0.717, 1.165) is 22.3 Å². The molecule has 2 aliphatic heterocycles. The molecule has 0 spiro atoms. The molecule has 2 heterocycles. The fourth-order valence-electron chi connectivity index (χ4n) is 3.87. The number of hydrogen-bond acceptors (Lipinski definition) is 6. The molecular weight excluding hydrogens is 422 g/mol. The summed E-state index contributed by atoms with van der Waals surface area (Å²) < 4.78 is 0. The van der Waals surface area contributed by atoms with Crippen molar-refractivity contribution in [3.8, 4) is 0 Å². The molecule has 0 aromatic heterocycles. The zero-order chi connectivity index (χ0) is 22.5. The Labute approximate surface area is 184 Å². The molecular formula is C21H25N3O6S. The summed E-state index contributed by atoms with van der Waals surface area (Å²) in [5.41, 5.74) is 0.868. The van der Waals surface area contributed by atoms with Gasteiger partial charge in [0.25, 0.3) is 5.91 Å². The van der Waals surface area contributed by atoms with Crippen molar-refractivity contribution in [2.24, 2.45) is 0 Å². The molecule has 10 heteroatoms. The lowest BCUT2D eigenvalue weighted by molar-refractivity contribution is -0.180. The van der Waals surface area contributed by atoms with Gasteiger partial charge in [-0.3, -0.25) is 24.2 Å². The van der Waals surface area contributed by atoms with Crippen LogP contribution in [0.25, 0.3) is 0 Å². The highest BCUT2D eigenvalue weighted by atomic mass is 32.2. The van der Waals surface area contributed by atoms with Crippen molar-refractivity contribution in [3.05, 3.63) is 35.9 Å². The molecule has 1 aromatic carbocycles. The van der Waals surface area contributed by atoms with Crippen LogP contribution in [-0.2, 0) is 30.4 Å². The molecule has 2 fully saturated rings. The van der Waals surface area contributed by atoms with Crippen LogP contribution in [0.4, 0.5) is 0 Å². The van der Waals surface area contributed by atoms with Gasteiger partial charge >= 0.3 is 5.97 Å². The van der Waals surface area contributed by atoms with Crippen LogP contribution in [0.2, 0.25) is 0 Å². The van der Waals surface area contributed by atoms with E-state index in [9.17, 15) is 29.1 Å². The predicted molar refractivity (Wildman–Crippen MR) is 113 cm³/mol. The van der Waals surface area contributed by atoms with E-state index in [1.165, 1.54) is 11.9 Å². The predicted octanol–water partition coefficient (Wildman–Crippen LogP) is 0.975. The minimum Gasteiger partial charge on any atom is -0.480 e. The first-order valence-corrected chi connectivity index (χ1v) is 11.0. The highest BCUT2D eigenvalue weighted by molar-refractivity contribution is 8.14.